The Labute approximate surface area is 114 Å². The van der Waals surface area contributed by atoms with E-state index in [0.29, 0.717) is 6.61 Å². The lowest BCUT2D eigenvalue weighted by Crippen LogP contribution is -2.13. The van der Waals surface area contributed by atoms with Gasteiger partial charge in [0.05, 0.1) is 0 Å². The molecule has 0 fully saturated rings. The number of ether oxygens (including phenoxy) is 1. The van der Waals surface area contributed by atoms with Crippen molar-refractivity contribution < 1.29 is 9.84 Å². The third kappa shape index (κ3) is 3.50. The van der Waals surface area contributed by atoms with E-state index in [1.165, 1.54) is 5.56 Å². The van der Waals surface area contributed by atoms with Gasteiger partial charge >= 0.3 is 0 Å². The number of para-hydroxylation sites is 1. The van der Waals surface area contributed by atoms with E-state index >= 15 is 0 Å². The summed E-state index contributed by atoms with van der Waals surface area (Å²) in [6, 6.07) is 15.2. The van der Waals surface area contributed by atoms with Crippen molar-refractivity contribution in [3.63, 3.8) is 0 Å². The van der Waals surface area contributed by atoms with E-state index in [2.05, 4.69) is 26.8 Å². The molecule has 2 rings (SSSR count). The van der Waals surface area contributed by atoms with Gasteiger partial charge in [-0.2, -0.15) is 0 Å². The summed E-state index contributed by atoms with van der Waals surface area (Å²) in [5.41, 5.74) is 2.20. The topological polar surface area (TPSA) is 29.5 Å². The van der Waals surface area contributed by atoms with Gasteiger partial charge in [-0.15, -0.1) is 0 Å². The van der Waals surface area contributed by atoms with Crippen molar-refractivity contribution in [1.29, 1.82) is 0 Å². The largest absolute Gasteiger partial charge is 0.508 e. The predicted molar refractivity (Wildman–Crippen MR) is 77.6 cm³/mol. The van der Waals surface area contributed by atoms with Crippen molar-refractivity contribution in [2.24, 2.45) is 0 Å². The lowest BCUT2D eigenvalue weighted by Gasteiger charge is -2.22. The highest BCUT2D eigenvalue weighted by atomic mass is 16.5. The van der Waals surface area contributed by atoms with E-state index in [0.717, 1.165) is 11.3 Å². The van der Waals surface area contributed by atoms with Crippen molar-refractivity contribution in [1.82, 2.24) is 0 Å². The van der Waals surface area contributed by atoms with Crippen LogP contribution in [-0.4, -0.2) is 5.11 Å². The highest BCUT2D eigenvalue weighted by Gasteiger charge is 2.18. The van der Waals surface area contributed by atoms with Crippen molar-refractivity contribution >= 4 is 0 Å². The van der Waals surface area contributed by atoms with Crippen LogP contribution in [0.3, 0.4) is 0 Å². The lowest BCUT2D eigenvalue weighted by molar-refractivity contribution is 0.297. The van der Waals surface area contributed by atoms with Gasteiger partial charge in [-0.3, -0.25) is 0 Å². The summed E-state index contributed by atoms with van der Waals surface area (Å²) in [6.07, 6.45) is 0. The predicted octanol–water partition coefficient (Wildman–Crippen LogP) is 4.27. The minimum absolute atomic E-state index is 0.0510. The van der Waals surface area contributed by atoms with E-state index in [1.807, 2.05) is 30.3 Å². The molecular formula is C17H20O2. The molecular weight excluding hydrogens is 236 g/mol. The van der Waals surface area contributed by atoms with Gasteiger partial charge in [0, 0.05) is 0 Å². The van der Waals surface area contributed by atoms with Crippen molar-refractivity contribution in [3.8, 4) is 11.5 Å². The van der Waals surface area contributed by atoms with Gasteiger partial charge in [-0.25, -0.2) is 0 Å². The van der Waals surface area contributed by atoms with E-state index in [-0.39, 0.29) is 11.2 Å². The Hall–Kier alpha value is -1.96. The van der Waals surface area contributed by atoms with Gasteiger partial charge in [0.1, 0.15) is 18.1 Å². The first kappa shape index (κ1) is 13.5. The van der Waals surface area contributed by atoms with E-state index in [4.69, 9.17) is 4.74 Å². The van der Waals surface area contributed by atoms with E-state index in [1.54, 1.807) is 12.1 Å². The lowest BCUT2D eigenvalue weighted by atomic mass is 9.86. The molecule has 0 aliphatic heterocycles. The van der Waals surface area contributed by atoms with Gasteiger partial charge in [0.15, 0.2) is 0 Å². The van der Waals surface area contributed by atoms with Crippen LogP contribution < -0.4 is 4.74 Å². The summed E-state index contributed by atoms with van der Waals surface area (Å²) < 4.78 is 5.89. The van der Waals surface area contributed by atoms with Gasteiger partial charge in [0.2, 0.25) is 0 Å². The normalized spacial score (nSPS) is 11.3. The average Bonchev–Trinajstić information content (AvgIpc) is 2.36. The Bertz CT molecular complexity index is 553. The highest BCUT2D eigenvalue weighted by Crippen LogP contribution is 2.31. The van der Waals surface area contributed by atoms with Crippen LogP contribution >= 0.6 is 0 Å². The Morgan fingerprint density at radius 2 is 1.74 bits per heavy atom. The molecule has 0 heterocycles. The third-order valence-corrected chi connectivity index (χ3v) is 3.00. The van der Waals surface area contributed by atoms with Crippen LogP contribution in [0, 0.1) is 0 Å². The summed E-state index contributed by atoms with van der Waals surface area (Å²) in [5.74, 6) is 1.17. The van der Waals surface area contributed by atoms with Gasteiger partial charge in [0.25, 0.3) is 0 Å². The molecule has 0 unspecified atom stereocenters. The zero-order valence-corrected chi connectivity index (χ0v) is 11.7. The summed E-state index contributed by atoms with van der Waals surface area (Å²) in [5, 5.41) is 9.44. The Balaban J connectivity index is 2.16. The molecule has 2 aromatic rings. The number of hydrogen-bond acceptors (Lipinski definition) is 2. The van der Waals surface area contributed by atoms with Crippen LogP contribution in [0.1, 0.15) is 31.9 Å². The molecule has 1 N–H and O–H groups in total. The first-order valence-electron chi connectivity index (χ1n) is 6.47. The smallest absolute Gasteiger partial charge is 0.123 e. The Morgan fingerprint density at radius 1 is 1.00 bits per heavy atom. The maximum Gasteiger partial charge on any atom is 0.123 e. The number of hydrogen-bond donors (Lipinski definition) is 1. The number of aromatic hydroxyl groups is 1. The molecule has 2 heteroatoms. The Morgan fingerprint density at radius 3 is 2.42 bits per heavy atom. The van der Waals surface area contributed by atoms with E-state index < -0.39 is 0 Å². The fourth-order valence-corrected chi connectivity index (χ4v) is 2.02. The standard InChI is InChI=1S/C17H20O2/c1-17(2,3)15-9-4-5-10-16(15)19-12-13-7-6-8-14(18)11-13/h4-11,18H,12H2,1-3H3. The summed E-state index contributed by atoms with van der Waals surface area (Å²) in [6.45, 7) is 6.97. The van der Waals surface area contributed by atoms with Crippen LogP contribution in [0.5, 0.6) is 11.5 Å². The minimum atomic E-state index is 0.0510. The quantitative estimate of drug-likeness (QED) is 0.888. The SMILES string of the molecule is CC(C)(C)c1ccccc1OCc1cccc(O)c1. The summed E-state index contributed by atoms with van der Waals surface area (Å²) in [7, 11) is 0. The van der Waals surface area contributed by atoms with E-state index in [9.17, 15) is 5.11 Å². The molecule has 0 amide bonds. The van der Waals surface area contributed by atoms with Crippen LogP contribution in [0.15, 0.2) is 48.5 Å². The van der Waals surface area contributed by atoms with Crippen LogP contribution in [0.4, 0.5) is 0 Å². The molecule has 0 aliphatic rings. The van der Waals surface area contributed by atoms with Crippen molar-refractivity contribution in [3.05, 3.63) is 59.7 Å². The van der Waals surface area contributed by atoms with Gasteiger partial charge < -0.3 is 9.84 Å². The first-order chi connectivity index (χ1) is 8.97. The Kier molecular flexibility index (Phi) is 3.79. The fraction of sp³-hybridized carbons (Fsp3) is 0.294. The zero-order chi connectivity index (χ0) is 13.9. The van der Waals surface area contributed by atoms with Crippen LogP contribution in [-0.2, 0) is 12.0 Å². The molecule has 2 aromatic carbocycles. The molecule has 0 saturated carbocycles. The van der Waals surface area contributed by atoms with Gasteiger partial charge in [-0.05, 0) is 34.7 Å². The maximum atomic E-state index is 9.44. The number of phenols is 1. The number of rotatable bonds is 3. The monoisotopic (exact) mass is 256 g/mol. The molecule has 0 aromatic heterocycles. The highest BCUT2D eigenvalue weighted by molar-refractivity contribution is 5.38. The molecule has 0 radical (unpaired) electrons. The first-order valence-corrected chi connectivity index (χ1v) is 6.47. The second kappa shape index (κ2) is 5.35. The van der Waals surface area contributed by atoms with Crippen LogP contribution in [0.2, 0.25) is 0 Å². The second-order valence-electron chi connectivity index (χ2n) is 5.70. The number of benzene rings is 2. The fourth-order valence-electron chi connectivity index (χ4n) is 2.02. The van der Waals surface area contributed by atoms with Crippen molar-refractivity contribution in [2.75, 3.05) is 0 Å². The minimum Gasteiger partial charge on any atom is -0.508 e. The second-order valence-corrected chi connectivity index (χ2v) is 5.70. The molecule has 0 spiro atoms. The molecule has 0 bridgehead atoms. The molecule has 0 aliphatic carbocycles. The average molecular weight is 256 g/mol. The molecule has 2 nitrogen and oxygen atoms in total. The molecule has 0 atom stereocenters. The van der Waals surface area contributed by atoms with Gasteiger partial charge in [-0.1, -0.05) is 51.1 Å². The molecule has 100 valence electrons. The molecule has 19 heavy (non-hydrogen) atoms. The maximum absolute atomic E-state index is 9.44. The summed E-state index contributed by atoms with van der Waals surface area (Å²) in [4.78, 5) is 0. The zero-order valence-electron chi connectivity index (χ0n) is 11.7. The third-order valence-electron chi connectivity index (χ3n) is 3.00. The number of phenolic OH excluding ortho intramolecular Hbond substituents is 1. The summed E-state index contributed by atoms with van der Waals surface area (Å²) >= 11 is 0. The molecule has 0 saturated heterocycles. The van der Waals surface area contributed by atoms with Crippen LogP contribution in [0.25, 0.3) is 0 Å². The van der Waals surface area contributed by atoms with Crippen molar-refractivity contribution in [2.45, 2.75) is 32.8 Å².